The summed E-state index contributed by atoms with van der Waals surface area (Å²) in [5.41, 5.74) is 15.7. The topological polar surface area (TPSA) is 160 Å². The van der Waals surface area contributed by atoms with Gasteiger partial charge >= 0.3 is 72.3 Å². The maximum Gasteiger partial charge on any atom is 1.00 e. The van der Waals surface area contributed by atoms with Gasteiger partial charge in [-0.15, -0.1) is 45.3 Å². The predicted molar refractivity (Wildman–Crippen MR) is 410 cm³/mol. The number of carbonyl (C=O) groups excluding carboxylic acids is 3. The smallest absolute Gasteiger partial charge is 1.00 e. The number of rotatable bonds is 12. The average Bonchev–Trinajstić information content (AvgIpc) is 1.55. The van der Waals surface area contributed by atoms with E-state index in [1.165, 1.54) is 191 Å². The summed E-state index contributed by atoms with van der Waals surface area (Å²) in [6.07, 6.45) is 28.0. The number of thiophene rings is 4. The van der Waals surface area contributed by atoms with Gasteiger partial charge < -0.3 is 40.9 Å². The molecule has 0 saturated heterocycles. The van der Waals surface area contributed by atoms with Gasteiger partial charge in [0.05, 0.1) is 27.1 Å². The zero-order valence-electron chi connectivity index (χ0n) is 61.0. The SMILES string of the molecule is CC1CCC(C2=C(c3cc(I)sc3C(=O)O)CCN(C)C2)CC1.COC(=O)c1sc(I)cc1C1=C(C2CCC(C)CC2)CN(C)CC1.COC(=O)c1sccc1-c1cc[n+](C)cc1C1CCC(C)CC1.COC(=O)c1sccc1C1=C(C2CCC(C)CC2)CN(C)CC1.[B].[H-].[Li+].[Na+].[OH-]. The Morgan fingerprint density at radius 3 is 1.22 bits per heavy atom. The molecule has 3 aliphatic heterocycles. The minimum absolute atomic E-state index is 0. The summed E-state index contributed by atoms with van der Waals surface area (Å²) in [4.78, 5) is 58.0. The molecule has 13 nitrogen and oxygen atoms in total. The number of carbonyl (C=O) groups is 4. The van der Waals surface area contributed by atoms with Crippen molar-refractivity contribution in [1.82, 2.24) is 14.7 Å². The second kappa shape index (κ2) is 40.9. The first kappa shape index (κ1) is 85.7. The van der Waals surface area contributed by atoms with Gasteiger partial charge in [0.25, 0.3) is 0 Å². The van der Waals surface area contributed by atoms with Gasteiger partial charge in [0.1, 0.15) is 26.6 Å². The van der Waals surface area contributed by atoms with Crippen molar-refractivity contribution in [2.45, 2.75) is 156 Å². The summed E-state index contributed by atoms with van der Waals surface area (Å²) in [5, 5.41) is 13.6. The van der Waals surface area contributed by atoms with Crippen LogP contribution in [0.25, 0.3) is 27.8 Å². The van der Waals surface area contributed by atoms with Crippen LogP contribution in [0.1, 0.15) is 218 Å². The molecule has 0 amide bonds. The molecule has 4 saturated carbocycles. The van der Waals surface area contributed by atoms with E-state index in [4.69, 9.17) is 14.2 Å². The Kier molecular flexibility index (Phi) is 36.1. The molecule has 7 aliphatic rings. The molecule has 22 heteroatoms. The standard InChI is InChI=1S/C19H26INO2S.C19H27NO2S.C19H24NO2S.C18H24INO2S.B.Li.Na.H2O.H/c1-12-4-6-13(7-5-12)16-11-21(2)9-8-14(16)15-10-17(20)24-18(15)19(22)23-3;2*1-13-4-6-14(7-5-13)17-12-20(2)10-8-15(17)16-9-11-23-18(16)19(21)22-3;1-11-3-5-12(6-4-11)15-10-20(2)8-7-13(15)14-9-16(19)23-17(14)18(21)22;;;;;/h10,12-13H,4-9,11H2,1-3H3;9,11,13-14H,4-8,10,12H2,1-3H3;8-14H,4-7H2,1-3H3;9,11-12H,3-8,10H2,1-2H3,(H,21,22);;;;1H2;/q;;+1;;;2*+1;;-1/p-1. The van der Waals surface area contributed by atoms with Crippen LogP contribution in [0.2, 0.25) is 0 Å². The number of carboxylic acids is 1. The molecule has 8 heterocycles. The zero-order chi connectivity index (χ0) is 66.6. The van der Waals surface area contributed by atoms with E-state index in [-0.39, 0.29) is 81.6 Å². The molecule has 519 valence electrons. The molecule has 3 radical (unpaired) electrons. The number of halogens is 2. The van der Waals surface area contributed by atoms with Crippen LogP contribution in [0.5, 0.6) is 0 Å². The molecule has 5 aromatic heterocycles. The number of likely N-dealkylation sites (N-methyl/N-ethyl adjacent to an activating group) is 3. The molecule has 0 spiro atoms. The number of nitrogens with zero attached hydrogens (tertiary/aromatic N) is 4. The Morgan fingerprint density at radius 1 is 0.505 bits per heavy atom. The van der Waals surface area contributed by atoms with Gasteiger partial charge in [-0.1, -0.05) is 79.1 Å². The van der Waals surface area contributed by atoms with E-state index in [0.29, 0.717) is 33.4 Å². The van der Waals surface area contributed by atoms with Crippen molar-refractivity contribution >= 4 is 140 Å². The van der Waals surface area contributed by atoms with Gasteiger partial charge in [-0.05, 0) is 258 Å². The Labute approximate surface area is 660 Å². The third-order valence-corrected chi connectivity index (χ3v) is 26.7. The molecule has 97 heavy (non-hydrogen) atoms. The molecule has 0 bridgehead atoms. The number of methoxy groups -OCH3 is 3. The van der Waals surface area contributed by atoms with Crippen LogP contribution >= 0.6 is 90.5 Å². The molecule has 5 aromatic rings. The number of aromatic nitrogens is 1. The van der Waals surface area contributed by atoms with E-state index in [1.54, 1.807) is 22.5 Å². The normalized spacial score (nSPS) is 24.0. The fourth-order valence-electron chi connectivity index (χ4n) is 15.6. The number of hydrogen-bond acceptors (Lipinski definition) is 15. The third kappa shape index (κ3) is 22.5. The van der Waals surface area contributed by atoms with E-state index >= 15 is 0 Å². The molecular formula is C75H103BI2LiN4NaO9S4+. The van der Waals surface area contributed by atoms with Gasteiger partial charge in [0, 0.05) is 81.6 Å². The van der Waals surface area contributed by atoms with Gasteiger partial charge in [-0.3, -0.25) is 0 Å². The Morgan fingerprint density at radius 2 is 0.835 bits per heavy atom. The zero-order valence-corrected chi connectivity index (χ0v) is 69.6. The van der Waals surface area contributed by atoms with Gasteiger partial charge in [0.15, 0.2) is 12.4 Å². The Bertz CT molecular complexity index is 3510. The van der Waals surface area contributed by atoms with E-state index in [1.807, 2.05) is 16.8 Å². The quantitative estimate of drug-likeness (QED) is 0.0415. The summed E-state index contributed by atoms with van der Waals surface area (Å²) in [7, 11) is 13.0. The van der Waals surface area contributed by atoms with Crippen LogP contribution in [0.15, 0.2) is 70.2 Å². The van der Waals surface area contributed by atoms with Crippen LogP contribution < -0.4 is 53.0 Å². The van der Waals surface area contributed by atoms with Crippen LogP contribution in [-0.4, -0.2) is 139 Å². The summed E-state index contributed by atoms with van der Waals surface area (Å²) >= 11 is 10.5. The first-order valence-electron chi connectivity index (χ1n) is 34.1. The molecule has 2 N–H and O–H groups in total. The van der Waals surface area contributed by atoms with Gasteiger partial charge in [-0.2, -0.15) is 0 Å². The van der Waals surface area contributed by atoms with Gasteiger partial charge in [-0.25, -0.2) is 23.7 Å². The average molecular weight is 1630 g/mol. The number of carboxylic acid groups (broad SMARTS) is 1. The van der Waals surface area contributed by atoms with E-state index in [0.717, 1.165) is 120 Å². The molecule has 0 unspecified atom stereocenters. The molecule has 4 fully saturated rings. The van der Waals surface area contributed by atoms with Crippen molar-refractivity contribution in [3.63, 3.8) is 0 Å². The largest absolute Gasteiger partial charge is 1.00 e. The maximum absolute atomic E-state index is 12.2. The first-order valence-corrected chi connectivity index (χ1v) is 39.6. The number of ether oxygens (including phenoxy) is 3. The minimum Gasteiger partial charge on any atom is -1.00 e. The number of aryl methyl sites for hydroxylation is 1. The van der Waals surface area contributed by atoms with Gasteiger partial charge in [0.2, 0.25) is 0 Å². The second-order valence-corrected chi connectivity index (χ2v) is 35.7. The minimum atomic E-state index is -0.782. The maximum atomic E-state index is 12.2. The van der Waals surface area contributed by atoms with Crippen LogP contribution in [0, 0.1) is 47.2 Å². The van der Waals surface area contributed by atoms with Crippen molar-refractivity contribution in [1.29, 1.82) is 0 Å². The molecular weight excluding hydrogens is 1520 g/mol. The van der Waals surface area contributed by atoms with E-state index in [2.05, 4.69) is 157 Å². The molecule has 12 rings (SSSR count). The fraction of sp³-hybridized carbons (Fsp3) is 0.587. The summed E-state index contributed by atoms with van der Waals surface area (Å²) in [5.74, 6) is 4.58. The van der Waals surface area contributed by atoms with Crippen LogP contribution in [-0.2, 0) is 21.3 Å². The molecule has 4 aliphatic carbocycles. The van der Waals surface area contributed by atoms with Crippen molar-refractivity contribution in [2.24, 2.45) is 48.5 Å². The third-order valence-electron chi connectivity index (χ3n) is 21.1. The number of pyridine rings is 1. The summed E-state index contributed by atoms with van der Waals surface area (Å²) in [6, 6.07) is 10.6. The molecule has 0 aromatic carbocycles. The molecule has 0 atom stereocenters. The second-order valence-electron chi connectivity index (χ2n) is 28.0. The summed E-state index contributed by atoms with van der Waals surface area (Å²) < 4.78 is 19.3. The van der Waals surface area contributed by atoms with E-state index in [9.17, 15) is 24.3 Å². The van der Waals surface area contributed by atoms with Crippen molar-refractivity contribution in [3.05, 3.63) is 118 Å². The van der Waals surface area contributed by atoms with Crippen LogP contribution in [0.4, 0.5) is 0 Å². The number of hydrogen-bond donors (Lipinski definition) is 1. The Hall–Kier alpha value is -1.99. The van der Waals surface area contributed by atoms with Crippen molar-refractivity contribution in [2.75, 3.05) is 81.7 Å². The van der Waals surface area contributed by atoms with Crippen molar-refractivity contribution < 1.29 is 98.4 Å². The monoisotopic (exact) mass is 1630 g/mol. The van der Waals surface area contributed by atoms with E-state index < -0.39 is 5.97 Å². The predicted octanol–water partition coefficient (Wildman–Crippen LogP) is 12.4. The van der Waals surface area contributed by atoms with Crippen LogP contribution in [0.3, 0.4) is 0 Å². The number of aromatic carboxylic acids is 1. The fourth-order valence-corrected chi connectivity index (χ4v) is 20.8. The van der Waals surface area contributed by atoms with Crippen molar-refractivity contribution in [3.8, 4) is 11.1 Å². The number of esters is 3. The summed E-state index contributed by atoms with van der Waals surface area (Å²) in [6.45, 7) is 15.7. The Balaban J connectivity index is 0.000000273. The first-order chi connectivity index (χ1) is 44.6.